The first-order valence-electron chi connectivity index (χ1n) is 0. The third-order valence-electron chi connectivity index (χ3n) is 0. The van der Waals surface area contributed by atoms with Gasteiger partial charge in [-0.3, -0.25) is 0 Å². The van der Waals surface area contributed by atoms with Crippen LogP contribution in [-0.4, -0.2) is 97.0 Å². The fourth-order valence-corrected chi connectivity index (χ4v) is 0. The van der Waals surface area contributed by atoms with Crippen LogP contribution in [0.25, 0.3) is 0 Å². The number of hydrogen-bond donors (Lipinski definition) is 0. The number of rotatable bonds is 0. The molecule has 0 bridgehead atoms. The van der Waals surface area contributed by atoms with E-state index in [-0.39, 0.29) is 174 Å². The van der Waals surface area contributed by atoms with E-state index in [1.165, 1.54) is 0 Å². The van der Waals surface area contributed by atoms with Gasteiger partial charge in [0.2, 0.25) is 0 Å². The van der Waals surface area contributed by atoms with Gasteiger partial charge in [-0.2, -0.15) is 0 Å². The molecule has 0 aromatic heterocycles. The SMILES string of the molecule is O.O.O.O.[Ba+2].[BiH3].[H-].[H-].[H-].[K+].[Ti]. The Morgan fingerprint density at radius 2 is 0.750 bits per heavy atom. The topological polar surface area (TPSA) is 126 Å². The molecular weight excluding hydrogens is 497 g/mol. The normalized spacial score (nSPS) is 0. The molecule has 0 aromatic rings. The fraction of sp³-hybridized carbons (Fsp3) is 0. The van der Waals surface area contributed by atoms with Crippen molar-refractivity contribution in [3.05, 3.63) is 0 Å². The average Bonchev–Trinajstić information content (AvgIpc) is 0. The van der Waals surface area contributed by atoms with Crippen molar-refractivity contribution in [3.8, 4) is 0 Å². The van der Waals surface area contributed by atoms with Gasteiger partial charge in [-0.15, -0.1) is 0 Å². The summed E-state index contributed by atoms with van der Waals surface area (Å²) in [6.45, 7) is 0. The van der Waals surface area contributed by atoms with E-state index in [0.717, 1.165) is 0 Å². The molecule has 8 heteroatoms. The van der Waals surface area contributed by atoms with Gasteiger partial charge in [0, 0.05) is 21.7 Å². The van der Waals surface area contributed by atoms with Gasteiger partial charge in [0.15, 0.2) is 0 Å². The molecule has 0 atom stereocenters. The van der Waals surface area contributed by atoms with E-state index >= 15 is 0 Å². The van der Waals surface area contributed by atoms with Crippen LogP contribution < -0.4 is 51.4 Å². The molecule has 0 aliphatic rings. The predicted molar refractivity (Wildman–Crippen MR) is 33.5 cm³/mol. The van der Waals surface area contributed by atoms with Crippen molar-refractivity contribution < 1.29 is 99.3 Å². The van der Waals surface area contributed by atoms with Crippen LogP contribution >= 0.6 is 0 Å². The van der Waals surface area contributed by atoms with Gasteiger partial charge < -0.3 is 26.2 Å². The van der Waals surface area contributed by atoms with Crippen molar-refractivity contribution in [2.75, 3.05) is 0 Å². The van der Waals surface area contributed by atoms with Crippen LogP contribution in [-0.2, 0) is 21.7 Å². The third kappa shape index (κ3) is 45.9. The second kappa shape index (κ2) is 61.2. The van der Waals surface area contributed by atoms with E-state index in [1.807, 2.05) is 0 Å². The second-order valence-corrected chi connectivity index (χ2v) is 0. The van der Waals surface area contributed by atoms with Gasteiger partial charge in [0.25, 0.3) is 0 Å². The molecule has 4 nitrogen and oxygen atoms in total. The summed E-state index contributed by atoms with van der Waals surface area (Å²) in [4.78, 5) is 0. The first kappa shape index (κ1) is 79.5. The molecule has 0 amide bonds. The Morgan fingerprint density at radius 1 is 0.750 bits per heavy atom. The molecule has 0 fully saturated rings. The van der Waals surface area contributed by atoms with E-state index < -0.39 is 0 Å². The average molecular weight is 511 g/mol. The van der Waals surface area contributed by atoms with Crippen LogP contribution in [0, 0.1) is 0 Å². The maximum atomic E-state index is 0. The van der Waals surface area contributed by atoms with Gasteiger partial charge >= 0.3 is 126 Å². The van der Waals surface area contributed by atoms with Gasteiger partial charge in [-0.05, 0) is 0 Å². The molecule has 0 saturated heterocycles. The molecule has 0 aromatic carbocycles. The molecule has 8 heavy (non-hydrogen) atoms. The van der Waals surface area contributed by atoms with Crippen LogP contribution in [0.3, 0.4) is 0 Å². The van der Waals surface area contributed by atoms with E-state index in [0.29, 0.717) is 0 Å². The standard InChI is InChI=1S/Ba.Bi.K.4H2O.Ti.6H/h;;;4*1H2;;;;;;;/q+2;;+1;;;;;;;;;3*-1. The van der Waals surface area contributed by atoms with E-state index in [2.05, 4.69) is 0 Å². The predicted octanol–water partition coefficient (Wildman–Crippen LogP) is -7.52. The summed E-state index contributed by atoms with van der Waals surface area (Å²) < 4.78 is 0. The van der Waals surface area contributed by atoms with Gasteiger partial charge in [-0.1, -0.05) is 0 Å². The molecule has 0 radical (unpaired) electrons. The Bertz CT molecular complexity index is 25.3. The van der Waals surface area contributed by atoms with E-state index in [9.17, 15) is 0 Å². The van der Waals surface area contributed by atoms with Gasteiger partial charge in [0.05, 0.1) is 0 Å². The number of hydrogen-bond acceptors (Lipinski definition) is 0. The molecule has 0 heterocycles. The summed E-state index contributed by atoms with van der Waals surface area (Å²) in [5.41, 5.74) is 0. The summed E-state index contributed by atoms with van der Waals surface area (Å²) in [6.07, 6.45) is 0. The Kier molecular flexibility index (Phi) is 608. The smallest absolute Gasteiger partial charge is 1.00 e. The third-order valence-corrected chi connectivity index (χ3v) is 0. The van der Waals surface area contributed by atoms with Crippen molar-refractivity contribution in [1.29, 1.82) is 0 Å². The summed E-state index contributed by atoms with van der Waals surface area (Å²) in [7, 11) is 0. The molecular formula is H14BaBiKO4Ti. The van der Waals surface area contributed by atoms with E-state index in [1.54, 1.807) is 0 Å². The Labute approximate surface area is 169 Å². The molecule has 8 N–H and O–H groups in total. The molecule has 0 unspecified atom stereocenters. The summed E-state index contributed by atoms with van der Waals surface area (Å²) in [5.74, 6) is 0. The zero-order valence-electron chi connectivity index (χ0n) is 7.91. The maximum Gasteiger partial charge on any atom is 1.00 e. The van der Waals surface area contributed by atoms with Crippen LogP contribution in [0.15, 0.2) is 0 Å². The minimum absolute atomic E-state index is 0. The Hall–Kier alpha value is 4.65. The summed E-state index contributed by atoms with van der Waals surface area (Å²) in [5, 5.41) is 0. The van der Waals surface area contributed by atoms with Gasteiger partial charge in [-0.25, -0.2) is 0 Å². The summed E-state index contributed by atoms with van der Waals surface area (Å²) >= 11 is 0. The molecule has 0 aliphatic heterocycles. The zero-order valence-corrected chi connectivity index (χ0v) is 19.5. The molecule has 0 rings (SSSR count). The van der Waals surface area contributed by atoms with Crippen LogP contribution in [0.4, 0.5) is 0 Å². The van der Waals surface area contributed by atoms with Crippen molar-refractivity contribution in [1.82, 2.24) is 0 Å². The summed E-state index contributed by atoms with van der Waals surface area (Å²) in [6, 6.07) is 0. The Morgan fingerprint density at radius 3 is 0.750 bits per heavy atom. The van der Waals surface area contributed by atoms with Crippen molar-refractivity contribution in [3.63, 3.8) is 0 Å². The van der Waals surface area contributed by atoms with Crippen LogP contribution in [0.2, 0.25) is 0 Å². The first-order valence-corrected chi connectivity index (χ1v) is 0. The first-order chi connectivity index (χ1) is 0. The van der Waals surface area contributed by atoms with Crippen molar-refractivity contribution >= 4 is 75.1 Å². The minimum atomic E-state index is 0. The molecule has 50 valence electrons. The van der Waals surface area contributed by atoms with E-state index in [4.69, 9.17) is 0 Å². The molecule has 0 saturated carbocycles. The van der Waals surface area contributed by atoms with Crippen molar-refractivity contribution in [2.24, 2.45) is 0 Å². The molecule has 0 spiro atoms. The quantitative estimate of drug-likeness (QED) is 0.287. The minimum Gasteiger partial charge on any atom is -1.00 e. The molecule has 0 aliphatic carbocycles. The monoisotopic (exact) mass is 512 g/mol. The van der Waals surface area contributed by atoms with Gasteiger partial charge in [0.1, 0.15) is 0 Å². The largest absolute Gasteiger partial charge is 1.00 e. The van der Waals surface area contributed by atoms with Crippen LogP contribution in [0.1, 0.15) is 4.28 Å². The Balaban J connectivity index is 0. The van der Waals surface area contributed by atoms with Crippen LogP contribution in [0.5, 0.6) is 0 Å². The zero-order chi connectivity index (χ0) is 0. The fourth-order valence-electron chi connectivity index (χ4n) is 0. The van der Waals surface area contributed by atoms with Crippen molar-refractivity contribution in [2.45, 2.75) is 0 Å². The maximum absolute atomic E-state index is 0. The second-order valence-electron chi connectivity index (χ2n) is 0.